The van der Waals surface area contributed by atoms with Crippen LogP contribution in [0.3, 0.4) is 0 Å². The van der Waals surface area contributed by atoms with Crippen LogP contribution in [0.25, 0.3) is 0 Å². The summed E-state index contributed by atoms with van der Waals surface area (Å²) < 4.78 is 0. The van der Waals surface area contributed by atoms with Gasteiger partial charge in [0.05, 0.1) is 23.2 Å². The number of aryl methyl sites for hydroxylation is 2. The summed E-state index contributed by atoms with van der Waals surface area (Å²) in [6.07, 6.45) is 0.670. The summed E-state index contributed by atoms with van der Waals surface area (Å²) in [6.45, 7) is 3.90. The molecular weight excluding hydrogens is 400 g/mol. The highest BCUT2D eigenvalue weighted by molar-refractivity contribution is 6.34. The summed E-state index contributed by atoms with van der Waals surface area (Å²) in [5, 5.41) is 5.00. The van der Waals surface area contributed by atoms with Crippen molar-refractivity contribution < 1.29 is 14.4 Å². The first-order valence-electron chi connectivity index (χ1n) is 10.4. The van der Waals surface area contributed by atoms with E-state index in [2.05, 4.69) is 5.16 Å². The minimum absolute atomic E-state index is 0.00539. The number of halogens is 1. The molecule has 6 atom stereocenters. The number of fused-ring (bicyclic) bond motifs is 8. The van der Waals surface area contributed by atoms with Crippen molar-refractivity contribution in [2.45, 2.75) is 26.4 Å². The highest BCUT2D eigenvalue weighted by atomic mass is 35.5. The van der Waals surface area contributed by atoms with Crippen molar-refractivity contribution in [1.29, 1.82) is 0 Å². The maximum atomic E-state index is 13.6. The molecule has 0 aromatic heterocycles. The lowest BCUT2D eigenvalue weighted by atomic mass is 9.71. The van der Waals surface area contributed by atoms with Gasteiger partial charge in [-0.25, -0.2) is 4.90 Å². The molecule has 3 fully saturated rings. The molecule has 5 nitrogen and oxygen atoms in total. The van der Waals surface area contributed by atoms with Gasteiger partial charge in [-0.15, -0.1) is 0 Å². The molecule has 4 aliphatic rings. The number of benzene rings is 2. The summed E-state index contributed by atoms with van der Waals surface area (Å²) in [5.41, 5.74) is 4.31. The molecule has 0 N–H and O–H groups in total. The van der Waals surface area contributed by atoms with E-state index in [1.807, 2.05) is 56.3 Å². The van der Waals surface area contributed by atoms with E-state index in [1.165, 1.54) is 4.90 Å². The predicted octanol–water partition coefficient (Wildman–Crippen LogP) is 4.13. The molecule has 2 amide bonds. The van der Waals surface area contributed by atoms with E-state index in [4.69, 9.17) is 16.4 Å². The van der Waals surface area contributed by atoms with Crippen LogP contribution in [0.15, 0.2) is 47.6 Å². The molecule has 6 rings (SSSR count). The van der Waals surface area contributed by atoms with Gasteiger partial charge in [0, 0.05) is 22.4 Å². The monoisotopic (exact) mass is 420 g/mol. The Bertz CT molecular complexity index is 1120. The zero-order chi connectivity index (χ0) is 20.7. The van der Waals surface area contributed by atoms with Crippen LogP contribution < -0.4 is 4.90 Å². The highest BCUT2D eigenvalue weighted by Gasteiger charge is 2.70. The number of anilines is 1. The zero-order valence-electron chi connectivity index (χ0n) is 16.7. The molecule has 0 spiro atoms. The third-order valence-corrected chi connectivity index (χ3v) is 7.83. The fourth-order valence-corrected chi connectivity index (χ4v) is 6.63. The molecule has 1 saturated heterocycles. The Kier molecular flexibility index (Phi) is 3.73. The summed E-state index contributed by atoms with van der Waals surface area (Å²) in [4.78, 5) is 34.4. The summed E-state index contributed by atoms with van der Waals surface area (Å²) >= 11 is 6.43. The van der Waals surface area contributed by atoms with E-state index in [1.54, 1.807) is 0 Å². The maximum Gasteiger partial charge on any atom is 0.238 e. The number of amides is 2. The normalized spacial score (nSPS) is 33.6. The van der Waals surface area contributed by atoms with Crippen LogP contribution in [-0.4, -0.2) is 23.6 Å². The number of rotatable bonds is 2. The molecule has 2 aliphatic heterocycles. The third kappa shape index (κ3) is 2.16. The van der Waals surface area contributed by atoms with Crippen LogP contribution in [0.5, 0.6) is 0 Å². The average molecular weight is 421 g/mol. The van der Waals surface area contributed by atoms with Crippen molar-refractivity contribution in [1.82, 2.24) is 0 Å². The molecule has 2 aliphatic carbocycles. The van der Waals surface area contributed by atoms with Gasteiger partial charge in [0.1, 0.15) is 6.10 Å². The van der Waals surface area contributed by atoms with E-state index < -0.39 is 0 Å². The Morgan fingerprint density at radius 2 is 1.60 bits per heavy atom. The molecule has 6 heteroatoms. The smallest absolute Gasteiger partial charge is 0.238 e. The van der Waals surface area contributed by atoms with Crippen LogP contribution in [0, 0.1) is 43.4 Å². The van der Waals surface area contributed by atoms with Gasteiger partial charge in [0.2, 0.25) is 11.8 Å². The Balaban J connectivity index is 1.40. The van der Waals surface area contributed by atoms with Crippen LogP contribution in [-0.2, 0) is 14.4 Å². The Labute approximate surface area is 179 Å². The SMILES string of the molecule is Cc1cccc(C)c1N1C(=O)[C@@H]2[C@@H]3C[C@@H]([C@H]4ON=C(c5ccccc5Cl)[C@H]34)[C@@H]2C1=O. The molecule has 2 aromatic rings. The lowest BCUT2D eigenvalue weighted by Crippen LogP contribution is -2.41. The van der Waals surface area contributed by atoms with Crippen molar-refractivity contribution in [3.8, 4) is 0 Å². The van der Waals surface area contributed by atoms with Gasteiger partial charge in [0.25, 0.3) is 0 Å². The number of carbonyl (C=O) groups excluding carboxylic acids is 2. The second kappa shape index (κ2) is 6.17. The minimum Gasteiger partial charge on any atom is -0.391 e. The van der Waals surface area contributed by atoms with E-state index in [0.717, 1.165) is 34.5 Å². The molecular formula is C24H21ClN2O3. The Morgan fingerprint density at radius 1 is 0.933 bits per heavy atom. The zero-order valence-corrected chi connectivity index (χ0v) is 17.5. The first-order chi connectivity index (χ1) is 14.5. The third-order valence-electron chi connectivity index (χ3n) is 7.50. The second-order valence-corrected chi connectivity index (χ2v) is 9.33. The van der Waals surface area contributed by atoms with Crippen LogP contribution >= 0.6 is 11.6 Å². The quantitative estimate of drug-likeness (QED) is 0.686. The Morgan fingerprint density at radius 3 is 2.30 bits per heavy atom. The fourth-order valence-electron chi connectivity index (χ4n) is 6.40. The van der Waals surface area contributed by atoms with E-state index in [-0.39, 0.29) is 47.5 Å². The predicted molar refractivity (Wildman–Crippen MR) is 113 cm³/mol. The number of para-hydroxylation sites is 1. The van der Waals surface area contributed by atoms with Crippen LogP contribution in [0.1, 0.15) is 23.1 Å². The topological polar surface area (TPSA) is 59.0 Å². The van der Waals surface area contributed by atoms with Crippen molar-refractivity contribution in [2.24, 2.45) is 34.7 Å². The minimum atomic E-state index is -0.316. The van der Waals surface area contributed by atoms with Gasteiger partial charge in [-0.1, -0.05) is 53.2 Å². The molecule has 30 heavy (non-hydrogen) atoms. The lowest BCUT2D eigenvalue weighted by molar-refractivity contribution is -0.125. The molecule has 2 heterocycles. The summed E-state index contributed by atoms with van der Waals surface area (Å²) in [5.74, 6) is -0.707. The second-order valence-electron chi connectivity index (χ2n) is 8.92. The summed E-state index contributed by atoms with van der Waals surface area (Å²) in [7, 11) is 0. The van der Waals surface area contributed by atoms with Crippen molar-refractivity contribution >= 4 is 34.8 Å². The van der Waals surface area contributed by atoms with Gasteiger partial charge in [-0.2, -0.15) is 0 Å². The van der Waals surface area contributed by atoms with Crippen molar-refractivity contribution in [3.63, 3.8) is 0 Å². The molecule has 2 aromatic carbocycles. The van der Waals surface area contributed by atoms with Gasteiger partial charge < -0.3 is 4.84 Å². The molecule has 152 valence electrons. The van der Waals surface area contributed by atoms with Crippen LogP contribution in [0.4, 0.5) is 5.69 Å². The molecule has 0 radical (unpaired) electrons. The number of carbonyl (C=O) groups is 2. The van der Waals surface area contributed by atoms with Gasteiger partial charge >= 0.3 is 0 Å². The van der Waals surface area contributed by atoms with E-state index in [0.29, 0.717) is 5.02 Å². The summed E-state index contributed by atoms with van der Waals surface area (Å²) in [6, 6.07) is 13.5. The lowest BCUT2D eigenvalue weighted by Gasteiger charge is -2.30. The van der Waals surface area contributed by atoms with Gasteiger partial charge in [-0.3, -0.25) is 9.59 Å². The first-order valence-corrected chi connectivity index (χ1v) is 10.8. The standard InChI is InChI=1S/C24H21ClN2O3/c1-11-6-5-7-12(2)21(11)27-23(28)17-14-10-15(18(17)24(27)29)22-19(14)20(26-30-22)13-8-3-4-9-16(13)25/h3-9,14-15,17-19,22H,10H2,1-2H3/t14-,15+,17+,18-,19-,22+/m0/s1. The Hall–Kier alpha value is -2.66. The van der Waals surface area contributed by atoms with Crippen LogP contribution in [0.2, 0.25) is 5.02 Å². The highest BCUT2D eigenvalue weighted by Crippen LogP contribution is 2.62. The average Bonchev–Trinajstić information content (AvgIpc) is 3.45. The molecule has 2 bridgehead atoms. The number of hydrogen-bond acceptors (Lipinski definition) is 4. The number of hydrogen-bond donors (Lipinski definition) is 0. The maximum absolute atomic E-state index is 13.6. The number of oxime groups is 1. The molecule has 2 saturated carbocycles. The number of nitrogens with zero attached hydrogens (tertiary/aromatic N) is 2. The van der Waals surface area contributed by atoms with Crippen molar-refractivity contribution in [3.05, 3.63) is 64.2 Å². The largest absolute Gasteiger partial charge is 0.391 e. The van der Waals surface area contributed by atoms with Gasteiger partial charge in [0.15, 0.2) is 0 Å². The molecule has 0 unspecified atom stereocenters. The first kappa shape index (κ1) is 18.1. The van der Waals surface area contributed by atoms with Gasteiger partial charge in [-0.05, 0) is 43.4 Å². The number of imide groups is 1. The van der Waals surface area contributed by atoms with E-state index >= 15 is 0 Å². The van der Waals surface area contributed by atoms with E-state index in [9.17, 15) is 9.59 Å². The fraction of sp³-hybridized carbons (Fsp3) is 0.375. The van der Waals surface area contributed by atoms with Crippen molar-refractivity contribution in [2.75, 3.05) is 4.90 Å².